The summed E-state index contributed by atoms with van der Waals surface area (Å²) in [6.07, 6.45) is -8.23. The first-order valence-electron chi connectivity index (χ1n) is 21.0. The van der Waals surface area contributed by atoms with Gasteiger partial charge in [-0.1, -0.05) is 24.3 Å². The molecule has 1 aromatic carbocycles. The second kappa shape index (κ2) is 19.5. The fourth-order valence-electron chi connectivity index (χ4n) is 10.8. The van der Waals surface area contributed by atoms with Crippen LogP contribution >= 0.6 is 0 Å². The van der Waals surface area contributed by atoms with Gasteiger partial charge in [0.25, 0.3) is 0 Å². The van der Waals surface area contributed by atoms with Gasteiger partial charge in [0.2, 0.25) is 5.91 Å². The van der Waals surface area contributed by atoms with Gasteiger partial charge >= 0.3 is 6.09 Å². The summed E-state index contributed by atoms with van der Waals surface area (Å²) in [6.45, 7) is -2.29. The number of hydrogen-bond acceptors (Lipinski definition) is 17. The number of nitriles is 1. The van der Waals surface area contributed by atoms with Crippen molar-refractivity contribution in [3.05, 3.63) is 35.4 Å². The predicted molar refractivity (Wildman–Crippen MR) is 209 cm³/mol. The van der Waals surface area contributed by atoms with Gasteiger partial charge in [-0.15, -0.1) is 0 Å². The number of carbonyl (C=O) groups excluding carboxylic acids is 2. The summed E-state index contributed by atoms with van der Waals surface area (Å²) in [6, 6.07) is 8.17. The standard InChI is InChI=1S/C41H63N5O14/c42-14-27-8-26-9-28(26)46(27)38(57)37(43)40-10-24-7-25(11-40)13-41(12-24,21-40)60-6-5-59-39(58)44-15-22-1-3-23(4-2-22)16-45(17-29(49)33(53)35(55)31(51)19-47)18-30(50)34(54)36(56)32(52)20-48/h1-4,24-37,47-56H,5-13,15-21,43H2,(H,44,58)/t24?,25?,26-,27+,28+,29-,30-,31+,32+,33+,34+,35+,36+,37-,40?,41?/m1/s1. The molecule has 13 N–H and O–H groups in total. The average Bonchev–Trinajstić information content (AvgIpc) is 3.90. The summed E-state index contributed by atoms with van der Waals surface area (Å²) in [5.74, 6) is 1.12. The lowest BCUT2D eigenvalue weighted by molar-refractivity contribution is -0.203. The number of likely N-dealkylation sites (tertiary alicyclic amines) is 1. The zero-order valence-corrected chi connectivity index (χ0v) is 33.7. The van der Waals surface area contributed by atoms with Gasteiger partial charge in [0.15, 0.2) is 0 Å². The Labute approximate surface area is 348 Å². The number of nitrogens with one attached hydrogen (secondary N) is 1. The van der Waals surface area contributed by atoms with Crippen molar-refractivity contribution in [1.29, 1.82) is 5.26 Å². The zero-order valence-electron chi connectivity index (χ0n) is 33.7. The Morgan fingerprint density at radius 1 is 0.817 bits per heavy atom. The highest BCUT2D eigenvalue weighted by Crippen LogP contribution is 2.64. The smallest absolute Gasteiger partial charge is 0.407 e. The molecule has 19 heteroatoms. The number of carbonyl (C=O) groups is 2. The Hall–Kier alpha value is -3.07. The molecule has 14 atom stereocenters. The van der Waals surface area contributed by atoms with E-state index in [0.717, 1.165) is 44.9 Å². The summed E-state index contributed by atoms with van der Waals surface area (Å²) < 4.78 is 11.9. The van der Waals surface area contributed by atoms with Crippen molar-refractivity contribution in [1.82, 2.24) is 15.1 Å². The van der Waals surface area contributed by atoms with Gasteiger partial charge in [-0.05, 0) is 85.7 Å². The third-order valence-corrected chi connectivity index (χ3v) is 13.6. The largest absolute Gasteiger partial charge is 0.447 e. The first kappa shape index (κ1) is 46.4. The van der Waals surface area contributed by atoms with Crippen molar-refractivity contribution >= 4 is 12.0 Å². The minimum atomic E-state index is -1.91. The number of nitrogens with two attached hydrogens (primary N) is 1. The van der Waals surface area contributed by atoms with Crippen LogP contribution < -0.4 is 11.1 Å². The number of fused-ring (bicyclic) bond motifs is 1. The van der Waals surface area contributed by atoms with Crippen molar-refractivity contribution in [3.63, 3.8) is 0 Å². The van der Waals surface area contributed by atoms with Crippen LogP contribution in [0.25, 0.3) is 0 Å². The molecule has 0 aromatic heterocycles. The molecule has 60 heavy (non-hydrogen) atoms. The molecule has 0 radical (unpaired) electrons. The Morgan fingerprint density at radius 3 is 1.92 bits per heavy atom. The highest BCUT2D eigenvalue weighted by Gasteiger charge is 2.63. The maximum absolute atomic E-state index is 13.8. The Bertz CT molecular complexity index is 1610. The van der Waals surface area contributed by atoms with Crippen molar-refractivity contribution in [2.45, 2.75) is 137 Å². The van der Waals surface area contributed by atoms with Gasteiger partial charge in [-0.25, -0.2) is 4.79 Å². The van der Waals surface area contributed by atoms with E-state index in [1.807, 2.05) is 0 Å². The lowest BCUT2D eigenvalue weighted by atomic mass is 9.46. The summed E-state index contributed by atoms with van der Waals surface area (Å²) >= 11 is 0. The average molecular weight is 850 g/mol. The number of hydrogen-bond donors (Lipinski definition) is 12. The number of rotatable bonds is 22. The summed E-state index contributed by atoms with van der Waals surface area (Å²) in [5.41, 5.74) is 7.34. The van der Waals surface area contributed by atoms with Crippen LogP contribution in [-0.4, -0.2) is 185 Å². The van der Waals surface area contributed by atoms with E-state index in [1.54, 1.807) is 29.2 Å². The summed E-state index contributed by atoms with van der Waals surface area (Å²) in [5, 5.41) is 112. The Balaban J connectivity index is 0.972. The second-order valence-corrected chi connectivity index (χ2v) is 18.1. The summed E-state index contributed by atoms with van der Waals surface area (Å²) in [7, 11) is 0. The monoisotopic (exact) mass is 849 g/mol. The van der Waals surface area contributed by atoms with E-state index >= 15 is 0 Å². The maximum atomic E-state index is 13.8. The van der Waals surface area contributed by atoms with Crippen LogP contribution in [-0.2, 0) is 27.4 Å². The van der Waals surface area contributed by atoms with Gasteiger partial charge in [0, 0.05) is 32.2 Å². The van der Waals surface area contributed by atoms with E-state index in [0.29, 0.717) is 35.3 Å². The third kappa shape index (κ3) is 10.4. The van der Waals surface area contributed by atoms with Crippen LogP contribution in [0.15, 0.2) is 24.3 Å². The Morgan fingerprint density at radius 2 is 1.37 bits per heavy atom. The number of piperidine rings is 1. The molecule has 1 saturated heterocycles. The fraction of sp³-hybridized carbons (Fsp3) is 0.780. The molecule has 19 nitrogen and oxygen atoms in total. The molecule has 0 spiro atoms. The highest BCUT2D eigenvalue weighted by atomic mass is 16.6. The van der Waals surface area contributed by atoms with Crippen LogP contribution in [0.1, 0.15) is 62.5 Å². The van der Waals surface area contributed by atoms with Crippen LogP contribution in [0.5, 0.6) is 0 Å². The van der Waals surface area contributed by atoms with Gasteiger partial charge in [-0.3, -0.25) is 9.69 Å². The van der Waals surface area contributed by atoms with E-state index in [-0.39, 0.29) is 43.7 Å². The first-order valence-corrected chi connectivity index (χ1v) is 21.0. The lowest BCUT2D eigenvalue weighted by Gasteiger charge is -2.63. The second-order valence-electron chi connectivity index (χ2n) is 18.1. The van der Waals surface area contributed by atoms with Gasteiger partial charge in [0.1, 0.15) is 49.3 Å². The minimum Gasteiger partial charge on any atom is -0.447 e. The minimum absolute atomic E-state index is 0.00601. The number of alkyl carbamates (subject to hydrolysis) is 1. The molecule has 7 rings (SSSR count). The van der Waals surface area contributed by atoms with Gasteiger partial charge in [0.05, 0.1) is 49.7 Å². The van der Waals surface area contributed by atoms with Crippen LogP contribution in [0.4, 0.5) is 4.79 Å². The molecule has 1 aliphatic heterocycles. The third-order valence-electron chi connectivity index (χ3n) is 13.6. The van der Waals surface area contributed by atoms with Crippen molar-refractivity contribution in [2.24, 2.45) is 28.9 Å². The first-order chi connectivity index (χ1) is 28.5. The predicted octanol–water partition coefficient (Wildman–Crippen LogP) is -3.22. The number of amides is 2. The quantitative estimate of drug-likeness (QED) is 0.0511. The molecule has 336 valence electrons. The molecule has 5 aliphatic carbocycles. The van der Waals surface area contributed by atoms with Crippen molar-refractivity contribution < 1.29 is 70.1 Å². The SMILES string of the molecule is N#C[C@@H]1C[C@@H]2C[C@@H]2N1C(=O)[C@@H](N)C12CC3CC(CC(OCCOC(=O)NCc4ccc(CN(C[C@@H](O)[C@H](O)[C@@H](O)[C@@H](O)CO)C[C@@H](O)[C@H](O)[C@@H](O)[C@@H](O)CO)cc4)(C3)C1)C2. The Kier molecular flexibility index (Phi) is 15.1. The fourth-order valence-corrected chi connectivity index (χ4v) is 10.8. The van der Waals surface area contributed by atoms with Crippen molar-refractivity contribution in [2.75, 3.05) is 39.5 Å². The van der Waals surface area contributed by atoms with Gasteiger partial charge < -0.3 is 76.5 Å². The molecule has 4 bridgehead atoms. The molecule has 5 saturated carbocycles. The molecular formula is C41H63N5O14. The molecule has 1 aromatic rings. The van der Waals surface area contributed by atoms with Crippen LogP contribution in [0, 0.1) is 34.5 Å². The zero-order chi connectivity index (χ0) is 43.5. The molecule has 2 unspecified atom stereocenters. The summed E-state index contributed by atoms with van der Waals surface area (Å²) in [4.78, 5) is 29.6. The van der Waals surface area contributed by atoms with E-state index in [9.17, 15) is 55.7 Å². The van der Waals surface area contributed by atoms with E-state index in [2.05, 4.69) is 11.4 Å². The molecule has 6 aliphatic rings. The number of nitrogens with zero attached hydrogens (tertiary/aromatic N) is 3. The number of aliphatic hydroxyl groups is 10. The van der Waals surface area contributed by atoms with Crippen LogP contribution in [0.2, 0.25) is 0 Å². The topological polar surface area (TPSA) is 323 Å². The normalized spacial score (nSPS) is 32.2. The number of benzene rings is 1. The lowest BCUT2D eigenvalue weighted by Crippen LogP contribution is -2.65. The van der Waals surface area contributed by atoms with Gasteiger partial charge in [-0.2, -0.15) is 5.26 Å². The van der Waals surface area contributed by atoms with Crippen molar-refractivity contribution in [3.8, 4) is 6.07 Å². The molecular weight excluding hydrogens is 786 g/mol. The molecule has 6 fully saturated rings. The number of aliphatic hydroxyl groups excluding tert-OH is 10. The van der Waals surface area contributed by atoms with E-state index in [1.165, 1.54) is 4.90 Å². The number of ether oxygens (including phenoxy) is 2. The highest BCUT2D eigenvalue weighted by molar-refractivity contribution is 5.84. The molecule has 1 heterocycles. The maximum Gasteiger partial charge on any atom is 0.407 e. The molecule has 2 amide bonds. The van der Waals surface area contributed by atoms with E-state index in [4.69, 9.17) is 25.4 Å². The van der Waals surface area contributed by atoms with E-state index < -0.39 is 98.9 Å². The van der Waals surface area contributed by atoms with Crippen LogP contribution in [0.3, 0.4) is 0 Å².